The lowest BCUT2D eigenvalue weighted by molar-refractivity contribution is 0.102. The predicted molar refractivity (Wildman–Crippen MR) is 84.3 cm³/mol. The normalized spacial score (nSPS) is 10.8. The van der Waals surface area contributed by atoms with Crippen LogP contribution in [-0.2, 0) is 7.05 Å². The highest BCUT2D eigenvalue weighted by Crippen LogP contribution is 2.18. The fourth-order valence-corrected chi connectivity index (χ4v) is 2.13. The van der Waals surface area contributed by atoms with Gasteiger partial charge in [-0.1, -0.05) is 13.8 Å². The van der Waals surface area contributed by atoms with Gasteiger partial charge in [0.1, 0.15) is 12.4 Å². The number of amides is 1. The predicted octanol–water partition coefficient (Wildman–Crippen LogP) is 2.17. The second-order valence-electron chi connectivity index (χ2n) is 5.28. The van der Waals surface area contributed by atoms with Gasteiger partial charge in [0.2, 0.25) is 0 Å². The highest BCUT2D eigenvalue weighted by molar-refractivity contribution is 6.02. The molecule has 1 heterocycles. The summed E-state index contributed by atoms with van der Waals surface area (Å²) in [6.07, 6.45) is 0. The molecule has 0 unspecified atom stereocenters. The SMILES string of the molecule is CC(C)c1cc(C(=O)Nc2ccc(OCCO)cc2)nn1C. The number of anilines is 1. The molecule has 118 valence electrons. The maximum Gasteiger partial charge on any atom is 0.276 e. The Morgan fingerprint density at radius 2 is 2.05 bits per heavy atom. The van der Waals surface area contributed by atoms with Crippen molar-refractivity contribution >= 4 is 11.6 Å². The van der Waals surface area contributed by atoms with Crippen molar-refractivity contribution in [3.8, 4) is 5.75 Å². The standard InChI is InChI=1S/C16H21N3O3/c1-11(2)15-10-14(18-19(15)3)16(21)17-12-4-6-13(7-5-12)22-9-8-20/h4-7,10-11,20H,8-9H2,1-3H3,(H,17,21). The zero-order valence-corrected chi connectivity index (χ0v) is 13.0. The van der Waals surface area contributed by atoms with Crippen molar-refractivity contribution in [2.75, 3.05) is 18.5 Å². The van der Waals surface area contributed by atoms with Crippen LogP contribution < -0.4 is 10.1 Å². The van der Waals surface area contributed by atoms with Crippen molar-refractivity contribution < 1.29 is 14.6 Å². The Morgan fingerprint density at radius 3 is 2.59 bits per heavy atom. The number of benzene rings is 1. The molecule has 2 rings (SSSR count). The summed E-state index contributed by atoms with van der Waals surface area (Å²) in [6, 6.07) is 8.78. The first kappa shape index (κ1) is 16.0. The van der Waals surface area contributed by atoms with Crippen molar-refractivity contribution in [1.82, 2.24) is 9.78 Å². The van der Waals surface area contributed by atoms with E-state index in [-0.39, 0.29) is 19.1 Å². The number of hydrogen-bond acceptors (Lipinski definition) is 4. The minimum absolute atomic E-state index is 0.0314. The molecule has 1 aromatic heterocycles. The van der Waals surface area contributed by atoms with E-state index in [4.69, 9.17) is 9.84 Å². The zero-order valence-electron chi connectivity index (χ0n) is 13.0. The van der Waals surface area contributed by atoms with Crippen molar-refractivity contribution in [1.29, 1.82) is 0 Å². The summed E-state index contributed by atoms with van der Waals surface area (Å²) in [6.45, 7) is 4.33. The van der Waals surface area contributed by atoms with E-state index in [2.05, 4.69) is 24.3 Å². The summed E-state index contributed by atoms with van der Waals surface area (Å²) in [7, 11) is 1.83. The average Bonchev–Trinajstić information content (AvgIpc) is 2.89. The third-order valence-electron chi connectivity index (χ3n) is 3.21. The summed E-state index contributed by atoms with van der Waals surface area (Å²) >= 11 is 0. The highest BCUT2D eigenvalue weighted by Gasteiger charge is 2.14. The van der Waals surface area contributed by atoms with Crippen LogP contribution in [0.3, 0.4) is 0 Å². The van der Waals surface area contributed by atoms with E-state index in [1.54, 1.807) is 35.0 Å². The molecular formula is C16H21N3O3. The number of aryl methyl sites for hydroxylation is 1. The van der Waals surface area contributed by atoms with Gasteiger partial charge < -0.3 is 15.2 Å². The molecule has 6 heteroatoms. The molecule has 0 aliphatic rings. The van der Waals surface area contributed by atoms with Crippen molar-refractivity contribution in [3.63, 3.8) is 0 Å². The molecule has 0 aliphatic heterocycles. The third-order valence-corrected chi connectivity index (χ3v) is 3.21. The van der Waals surface area contributed by atoms with E-state index in [1.807, 2.05) is 7.05 Å². The molecule has 0 saturated heterocycles. The van der Waals surface area contributed by atoms with Crippen LogP contribution in [0.1, 0.15) is 35.9 Å². The lowest BCUT2D eigenvalue weighted by atomic mass is 10.1. The van der Waals surface area contributed by atoms with Gasteiger partial charge in [-0.25, -0.2) is 0 Å². The average molecular weight is 303 g/mol. The summed E-state index contributed by atoms with van der Waals surface area (Å²) in [5, 5.41) is 15.7. The zero-order chi connectivity index (χ0) is 16.1. The van der Waals surface area contributed by atoms with E-state index < -0.39 is 0 Å². The first-order valence-electron chi connectivity index (χ1n) is 7.20. The van der Waals surface area contributed by atoms with Gasteiger partial charge in [0.25, 0.3) is 5.91 Å². The number of rotatable bonds is 6. The highest BCUT2D eigenvalue weighted by atomic mass is 16.5. The Labute approximate surface area is 129 Å². The Morgan fingerprint density at radius 1 is 1.36 bits per heavy atom. The number of aliphatic hydroxyl groups is 1. The summed E-state index contributed by atoms with van der Waals surface area (Å²) in [4.78, 5) is 12.2. The molecule has 2 aromatic rings. The van der Waals surface area contributed by atoms with Gasteiger partial charge in [-0.15, -0.1) is 0 Å². The number of carbonyl (C=O) groups is 1. The van der Waals surface area contributed by atoms with Crippen LogP contribution in [0.4, 0.5) is 5.69 Å². The first-order chi connectivity index (χ1) is 10.5. The number of aliphatic hydroxyl groups excluding tert-OH is 1. The number of nitrogens with zero attached hydrogens (tertiary/aromatic N) is 2. The van der Waals surface area contributed by atoms with E-state index in [0.29, 0.717) is 23.0 Å². The van der Waals surface area contributed by atoms with Gasteiger partial charge in [0, 0.05) is 18.4 Å². The Bertz CT molecular complexity index is 633. The number of ether oxygens (including phenoxy) is 1. The molecule has 2 N–H and O–H groups in total. The smallest absolute Gasteiger partial charge is 0.276 e. The second-order valence-corrected chi connectivity index (χ2v) is 5.28. The molecule has 6 nitrogen and oxygen atoms in total. The molecule has 1 aromatic carbocycles. The fourth-order valence-electron chi connectivity index (χ4n) is 2.13. The van der Waals surface area contributed by atoms with Crippen LogP contribution >= 0.6 is 0 Å². The molecular weight excluding hydrogens is 282 g/mol. The molecule has 22 heavy (non-hydrogen) atoms. The van der Waals surface area contributed by atoms with Gasteiger partial charge in [0.15, 0.2) is 5.69 Å². The van der Waals surface area contributed by atoms with Gasteiger partial charge in [0.05, 0.1) is 6.61 Å². The van der Waals surface area contributed by atoms with Crippen LogP contribution in [0.25, 0.3) is 0 Å². The maximum atomic E-state index is 12.2. The number of hydrogen-bond donors (Lipinski definition) is 2. The van der Waals surface area contributed by atoms with E-state index in [9.17, 15) is 4.79 Å². The van der Waals surface area contributed by atoms with Crippen LogP contribution in [-0.4, -0.2) is 34.0 Å². The molecule has 0 bridgehead atoms. The molecule has 0 spiro atoms. The Hall–Kier alpha value is -2.34. The third kappa shape index (κ3) is 3.85. The van der Waals surface area contributed by atoms with Crippen LogP contribution in [0, 0.1) is 0 Å². The summed E-state index contributed by atoms with van der Waals surface area (Å²) in [5.41, 5.74) is 2.07. The number of nitrogens with one attached hydrogen (secondary N) is 1. The Kier molecular flexibility index (Phi) is 5.16. The maximum absolute atomic E-state index is 12.2. The quantitative estimate of drug-likeness (QED) is 0.857. The summed E-state index contributed by atoms with van der Waals surface area (Å²) in [5.74, 6) is 0.709. The minimum atomic E-state index is -0.244. The molecule has 0 aliphatic carbocycles. The van der Waals surface area contributed by atoms with Crippen LogP contribution in [0.5, 0.6) is 5.75 Å². The first-order valence-corrected chi connectivity index (χ1v) is 7.20. The van der Waals surface area contributed by atoms with Crippen molar-refractivity contribution in [3.05, 3.63) is 41.7 Å². The minimum Gasteiger partial charge on any atom is -0.491 e. The van der Waals surface area contributed by atoms with Gasteiger partial charge in [-0.05, 0) is 36.2 Å². The molecule has 1 amide bonds. The van der Waals surface area contributed by atoms with E-state index in [0.717, 1.165) is 5.69 Å². The lowest BCUT2D eigenvalue weighted by Gasteiger charge is -2.06. The molecule has 0 saturated carbocycles. The van der Waals surface area contributed by atoms with Crippen LogP contribution in [0.15, 0.2) is 30.3 Å². The Balaban J connectivity index is 2.04. The monoisotopic (exact) mass is 303 g/mol. The van der Waals surface area contributed by atoms with E-state index in [1.165, 1.54) is 0 Å². The summed E-state index contributed by atoms with van der Waals surface area (Å²) < 4.78 is 6.99. The molecule has 0 atom stereocenters. The fraction of sp³-hybridized carbons (Fsp3) is 0.375. The van der Waals surface area contributed by atoms with Crippen molar-refractivity contribution in [2.45, 2.75) is 19.8 Å². The van der Waals surface area contributed by atoms with Gasteiger partial charge in [-0.3, -0.25) is 9.48 Å². The molecule has 0 radical (unpaired) electrons. The van der Waals surface area contributed by atoms with Crippen molar-refractivity contribution in [2.24, 2.45) is 7.05 Å². The topological polar surface area (TPSA) is 76.4 Å². The largest absolute Gasteiger partial charge is 0.491 e. The molecule has 0 fully saturated rings. The number of aromatic nitrogens is 2. The lowest BCUT2D eigenvalue weighted by Crippen LogP contribution is -2.13. The second kappa shape index (κ2) is 7.09. The van der Waals surface area contributed by atoms with E-state index >= 15 is 0 Å². The van der Waals surface area contributed by atoms with Crippen LogP contribution in [0.2, 0.25) is 0 Å². The van der Waals surface area contributed by atoms with Gasteiger partial charge >= 0.3 is 0 Å². The number of carbonyl (C=O) groups excluding carboxylic acids is 1. The van der Waals surface area contributed by atoms with Gasteiger partial charge in [-0.2, -0.15) is 5.10 Å².